The molecule has 0 aliphatic heterocycles. The molecule has 0 heterocycles. The molecule has 90 valence electrons. The van der Waals surface area contributed by atoms with Gasteiger partial charge >= 0.3 is 11.9 Å². The van der Waals surface area contributed by atoms with Crippen LogP contribution in [0.15, 0.2) is 0 Å². The fourth-order valence-electron chi connectivity index (χ4n) is 0.652. The molecule has 0 aromatic heterocycles. The van der Waals surface area contributed by atoms with Crippen molar-refractivity contribution >= 4 is 11.9 Å². The van der Waals surface area contributed by atoms with Crippen LogP contribution in [-0.2, 0) is 9.59 Å². The summed E-state index contributed by atoms with van der Waals surface area (Å²) >= 11 is 0. The summed E-state index contributed by atoms with van der Waals surface area (Å²) in [6.07, 6.45) is -0.224. The minimum atomic E-state index is -1.17. The van der Waals surface area contributed by atoms with Crippen LogP contribution in [0, 0.1) is 0 Å². The van der Waals surface area contributed by atoms with E-state index in [1.165, 1.54) is 0 Å². The lowest BCUT2D eigenvalue weighted by Crippen LogP contribution is -2.30. The molecule has 15 heavy (non-hydrogen) atoms. The van der Waals surface area contributed by atoms with Crippen molar-refractivity contribution in [3.8, 4) is 0 Å². The Morgan fingerprint density at radius 1 is 1.27 bits per heavy atom. The van der Waals surface area contributed by atoms with E-state index in [0.717, 1.165) is 13.1 Å². The summed E-state index contributed by atoms with van der Waals surface area (Å²) in [5.41, 5.74) is 5.00. The number of carbonyl (C=O) groups is 2. The Labute approximate surface area is 89.5 Å². The molecule has 0 spiro atoms. The Hall–Kier alpha value is -1.14. The molecule has 0 aromatic rings. The van der Waals surface area contributed by atoms with Gasteiger partial charge in [-0.3, -0.25) is 9.59 Å². The van der Waals surface area contributed by atoms with E-state index in [-0.39, 0.29) is 12.8 Å². The summed E-state index contributed by atoms with van der Waals surface area (Å²) in [5.74, 6) is -2.20. The molecule has 0 radical (unpaired) electrons. The van der Waals surface area contributed by atoms with Crippen LogP contribution >= 0.6 is 0 Å². The van der Waals surface area contributed by atoms with Gasteiger partial charge in [0.2, 0.25) is 0 Å². The first-order valence-electron chi connectivity index (χ1n) is 4.86. The van der Waals surface area contributed by atoms with Gasteiger partial charge in [0.1, 0.15) is 6.04 Å². The maximum absolute atomic E-state index is 9.99. The molecule has 0 unspecified atom stereocenters. The first-order chi connectivity index (χ1) is 6.95. The third-order valence-corrected chi connectivity index (χ3v) is 1.49. The number of nitrogens with two attached hydrogens (primary N) is 1. The molecule has 0 aliphatic rings. The average molecular weight is 220 g/mol. The zero-order valence-electron chi connectivity index (χ0n) is 9.19. The average Bonchev–Trinajstić information content (AvgIpc) is 2.16. The van der Waals surface area contributed by atoms with Gasteiger partial charge in [-0.25, -0.2) is 0 Å². The number of carboxylic acid groups (broad SMARTS) is 2. The Bertz CT molecular complexity index is 183. The van der Waals surface area contributed by atoms with Gasteiger partial charge in [-0.1, -0.05) is 13.8 Å². The number of nitrogens with one attached hydrogen (secondary N) is 1. The molecule has 1 atom stereocenters. The summed E-state index contributed by atoms with van der Waals surface area (Å²) in [4.78, 5) is 19.9. The van der Waals surface area contributed by atoms with Crippen LogP contribution in [0.1, 0.15) is 26.7 Å². The van der Waals surface area contributed by atoms with Crippen LogP contribution in [-0.4, -0.2) is 41.3 Å². The highest BCUT2D eigenvalue weighted by Gasteiger charge is 2.12. The summed E-state index contributed by atoms with van der Waals surface area (Å²) in [6.45, 7) is 6.39. The molecule has 0 fully saturated rings. The highest BCUT2D eigenvalue weighted by Crippen LogP contribution is 1.93. The largest absolute Gasteiger partial charge is 0.481 e. The highest BCUT2D eigenvalue weighted by atomic mass is 16.4. The third kappa shape index (κ3) is 15.6. The van der Waals surface area contributed by atoms with Gasteiger partial charge in [-0.2, -0.15) is 0 Å². The molecule has 5 N–H and O–H groups in total. The van der Waals surface area contributed by atoms with Crippen molar-refractivity contribution in [1.29, 1.82) is 0 Å². The lowest BCUT2D eigenvalue weighted by molar-refractivity contribution is -0.139. The number of hydrogen-bond acceptors (Lipinski definition) is 4. The third-order valence-electron chi connectivity index (χ3n) is 1.49. The van der Waals surface area contributed by atoms with Crippen LogP contribution < -0.4 is 11.1 Å². The van der Waals surface area contributed by atoms with Crippen molar-refractivity contribution in [2.75, 3.05) is 13.1 Å². The standard InChI is InChI=1S/C5H9NO4.C4H11N/c6-3(5(9)10)1-2-4(7)8;1-3-5-4-2/h3H,1-2,6H2,(H,7,8)(H,9,10);5H,3-4H2,1-2H3/t3-;/m0./s1. The smallest absolute Gasteiger partial charge is 0.320 e. The molecular weight excluding hydrogens is 200 g/mol. The van der Waals surface area contributed by atoms with E-state index < -0.39 is 18.0 Å². The lowest BCUT2D eigenvalue weighted by atomic mass is 10.2. The van der Waals surface area contributed by atoms with E-state index in [0.29, 0.717) is 0 Å². The Balaban J connectivity index is 0. The van der Waals surface area contributed by atoms with Gasteiger partial charge in [0, 0.05) is 6.42 Å². The van der Waals surface area contributed by atoms with E-state index in [9.17, 15) is 9.59 Å². The Morgan fingerprint density at radius 2 is 1.73 bits per heavy atom. The van der Waals surface area contributed by atoms with Crippen LogP contribution in [0.3, 0.4) is 0 Å². The SMILES string of the molecule is CCNCC.N[C@@H](CCC(=O)O)C(=O)O. The molecule has 0 aromatic carbocycles. The molecule has 0 bridgehead atoms. The molecule has 0 saturated heterocycles. The predicted molar refractivity (Wildman–Crippen MR) is 56.7 cm³/mol. The van der Waals surface area contributed by atoms with E-state index in [2.05, 4.69) is 19.2 Å². The fourth-order valence-corrected chi connectivity index (χ4v) is 0.652. The molecule has 6 nitrogen and oxygen atoms in total. The van der Waals surface area contributed by atoms with Crippen molar-refractivity contribution in [2.24, 2.45) is 5.73 Å². The molecule has 0 saturated carbocycles. The summed E-state index contributed by atoms with van der Waals surface area (Å²) < 4.78 is 0. The Kier molecular flexibility index (Phi) is 11.9. The molecule has 0 amide bonds. The summed E-state index contributed by atoms with van der Waals surface area (Å²) in [5, 5.41) is 19.4. The second-order valence-electron chi connectivity index (χ2n) is 2.83. The topological polar surface area (TPSA) is 113 Å². The number of hydrogen-bond donors (Lipinski definition) is 4. The summed E-state index contributed by atoms with van der Waals surface area (Å²) in [7, 11) is 0. The van der Waals surface area contributed by atoms with Crippen LogP contribution in [0.5, 0.6) is 0 Å². The minimum Gasteiger partial charge on any atom is -0.481 e. The van der Waals surface area contributed by atoms with Crippen molar-refractivity contribution in [3.05, 3.63) is 0 Å². The van der Waals surface area contributed by atoms with E-state index >= 15 is 0 Å². The van der Waals surface area contributed by atoms with Crippen molar-refractivity contribution in [1.82, 2.24) is 5.32 Å². The minimum absolute atomic E-state index is 0.0231. The van der Waals surface area contributed by atoms with Gasteiger partial charge in [0.05, 0.1) is 0 Å². The molecule has 0 rings (SSSR count). The van der Waals surface area contributed by atoms with Crippen molar-refractivity contribution < 1.29 is 19.8 Å². The highest BCUT2D eigenvalue weighted by molar-refractivity contribution is 5.74. The van der Waals surface area contributed by atoms with Crippen LogP contribution in [0.2, 0.25) is 0 Å². The lowest BCUT2D eigenvalue weighted by Gasteiger charge is -2.01. The van der Waals surface area contributed by atoms with Crippen molar-refractivity contribution in [3.63, 3.8) is 0 Å². The van der Waals surface area contributed by atoms with Gasteiger partial charge in [0.25, 0.3) is 0 Å². The summed E-state index contributed by atoms with van der Waals surface area (Å²) in [6, 6.07) is -1.06. The predicted octanol–water partition coefficient (Wildman–Crippen LogP) is -0.121. The number of carboxylic acids is 2. The first kappa shape index (κ1) is 16.3. The van der Waals surface area contributed by atoms with E-state index in [4.69, 9.17) is 15.9 Å². The zero-order chi connectivity index (χ0) is 12.3. The maximum Gasteiger partial charge on any atom is 0.320 e. The van der Waals surface area contributed by atoms with Gasteiger partial charge in [-0.05, 0) is 19.5 Å². The Morgan fingerprint density at radius 3 is 1.93 bits per heavy atom. The first-order valence-corrected chi connectivity index (χ1v) is 4.86. The van der Waals surface area contributed by atoms with E-state index in [1.807, 2.05) is 0 Å². The quantitative estimate of drug-likeness (QED) is 0.496. The van der Waals surface area contributed by atoms with Gasteiger partial charge < -0.3 is 21.3 Å². The molecule has 0 aliphatic carbocycles. The fraction of sp³-hybridized carbons (Fsp3) is 0.778. The second kappa shape index (κ2) is 10.9. The van der Waals surface area contributed by atoms with Crippen molar-refractivity contribution in [2.45, 2.75) is 32.7 Å². The normalized spacial score (nSPS) is 11.1. The number of aliphatic carboxylic acids is 2. The van der Waals surface area contributed by atoms with Gasteiger partial charge in [-0.15, -0.1) is 0 Å². The van der Waals surface area contributed by atoms with E-state index in [1.54, 1.807) is 0 Å². The van der Waals surface area contributed by atoms with Crippen LogP contribution in [0.4, 0.5) is 0 Å². The number of rotatable bonds is 6. The van der Waals surface area contributed by atoms with Crippen LogP contribution in [0.25, 0.3) is 0 Å². The molecular formula is C9H20N2O4. The zero-order valence-corrected chi connectivity index (χ0v) is 9.19. The van der Waals surface area contributed by atoms with Gasteiger partial charge in [0.15, 0.2) is 0 Å². The maximum atomic E-state index is 9.99. The molecule has 6 heteroatoms. The monoisotopic (exact) mass is 220 g/mol. The second-order valence-corrected chi connectivity index (χ2v) is 2.83.